The number of hydrogen-bond donors (Lipinski definition) is 2. The number of hydrogen-bond acceptors (Lipinski definition) is 3. The third-order valence-electron chi connectivity index (χ3n) is 7.01. The molecule has 4 nitrogen and oxygen atoms in total. The molecular formula is C32H32Cl2N2O2. The van der Waals surface area contributed by atoms with Gasteiger partial charge in [0.1, 0.15) is 6.23 Å². The van der Waals surface area contributed by atoms with Gasteiger partial charge >= 0.3 is 0 Å². The number of pyridine rings is 1. The van der Waals surface area contributed by atoms with Gasteiger partial charge in [-0.15, -0.1) is 0 Å². The van der Waals surface area contributed by atoms with Gasteiger partial charge in [-0.3, -0.25) is 0 Å². The minimum absolute atomic E-state index is 0. The van der Waals surface area contributed by atoms with E-state index in [-0.39, 0.29) is 12.4 Å². The Hall–Kier alpha value is -3.15. The molecule has 1 aliphatic heterocycles. The summed E-state index contributed by atoms with van der Waals surface area (Å²) >= 11 is 6.92. The molecule has 196 valence electrons. The van der Waals surface area contributed by atoms with E-state index in [1.807, 2.05) is 70.4 Å². The fourth-order valence-electron chi connectivity index (χ4n) is 5.08. The van der Waals surface area contributed by atoms with Crippen molar-refractivity contribution in [2.45, 2.75) is 45.6 Å². The zero-order valence-corrected chi connectivity index (χ0v) is 23.1. The van der Waals surface area contributed by atoms with Gasteiger partial charge in [0.2, 0.25) is 5.52 Å². The molecule has 0 fully saturated rings. The third-order valence-corrected chi connectivity index (χ3v) is 7.49. The normalized spacial score (nSPS) is 19.2. The van der Waals surface area contributed by atoms with Crippen LogP contribution in [0.25, 0.3) is 22.6 Å². The van der Waals surface area contributed by atoms with Crippen molar-refractivity contribution < 1.29 is 27.2 Å². The van der Waals surface area contributed by atoms with Crippen LogP contribution in [0.4, 0.5) is 5.69 Å². The molecule has 1 aromatic heterocycles. The van der Waals surface area contributed by atoms with E-state index in [2.05, 4.69) is 36.4 Å². The van der Waals surface area contributed by atoms with E-state index in [9.17, 15) is 10.2 Å². The van der Waals surface area contributed by atoms with Crippen LogP contribution in [0, 0.1) is 0 Å². The van der Waals surface area contributed by atoms with Gasteiger partial charge in [0.05, 0.1) is 11.1 Å². The van der Waals surface area contributed by atoms with E-state index in [1.165, 1.54) is 0 Å². The Morgan fingerprint density at radius 2 is 1.71 bits per heavy atom. The summed E-state index contributed by atoms with van der Waals surface area (Å²) < 4.78 is 1.87. The van der Waals surface area contributed by atoms with E-state index in [0.29, 0.717) is 0 Å². The van der Waals surface area contributed by atoms with Crippen LogP contribution in [0.1, 0.15) is 50.5 Å². The standard InChI is InChI=1S/C32H32ClN2O2.ClH/c1-22(36)34-20-18-24(28-10-3-5-12-30(28)34)14-16-26-8-7-9-27(32(26)33)17-15-25-19-21-35(23(2)37)31-13-6-4-11-29(25)31;/h3-6,10-23,36-37H,7-9H2,1-2H3;1H/q+1;/p-1. The molecule has 1 aliphatic carbocycles. The van der Waals surface area contributed by atoms with Gasteiger partial charge in [-0.25, -0.2) is 0 Å². The lowest BCUT2D eigenvalue weighted by atomic mass is 9.92. The second-order valence-electron chi connectivity index (χ2n) is 9.54. The maximum absolute atomic E-state index is 10.1. The Bertz CT molecular complexity index is 1480. The largest absolute Gasteiger partial charge is 1.00 e. The Labute approximate surface area is 235 Å². The summed E-state index contributed by atoms with van der Waals surface area (Å²) in [6.07, 6.45) is 16.1. The maximum atomic E-state index is 10.1. The lowest BCUT2D eigenvalue weighted by Crippen LogP contribution is -3.00. The molecule has 2 atom stereocenters. The number of para-hydroxylation sites is 2. The SMILES string of the molecule is CC(O)N1C=C/C(=C/C=C2\CCCC(/C=C/c3cc[n+](C(C)O)c4ccccc34)=C2Cl)c2ccccc21.[Cl-]. The van der Waals surface area contributed by atoms with E-state index in [1.54, 1.807) is 13.8 Å². The smallest absolute Gasteiger partial charge is 0.257 e. The summed E-state index contributed by atoms with van der Waals surface area (Å²) in [6.45, 7) is 3.53. The minimum atomic E-state index is -0.596. The Morgan fingerprint density at radius 1 is 0.947 bits per heavy atom. The molecule has 0 radical (unpaired) electrons. The van der Waals surface area contributed by atoms with Crippen molar-refractivity contribution in [3.63, 3.8) is 0 Å². The van der Waals surface area contributed by atoms with Gasteiger partial charge in [0.25, 0.3) is 6.23 Å². The molecule has 3 aromatic rings. The monoisotopic (exact) mass is 546 g/mol. The zero-order valence-electron chi connectivity index (χ0n) is 21.6. The number of aromatic nitrogens is 1. The summed E-state index contributed by atoms with van der Waals surface area (Å²) in [5.41, 5.74) is 7.52. The average molecular weight is 548 g/mol. The van der Waals surface area contributed by atoms with Crippen LogP contribution in [0.15, 0.2) is 107 Å². The van der Waals surface area contributed by atoms with Crippen LogP contribution >= 0.6 is 11.6 Å². The molecule has 2 unspecified atom stereocenters. The predicted molar refractivity (Wildman–Crippen MR) is 153 cm³/mol. The highest BCUT2D eigenvalue weighted by Gasteiger charge is 2.19. The average Bonchev–Trinajstić information content (AvgIpc) is 2.91. The number of anilines is 1. The molecule has 2 aliphatic rings. The van der Waals surface area contributed by atoms with Gasteiger partial charge in [-0.2, -0.15) is 4.57 Å². The number of rotatable bonds is 5. The molecule has 2 N–H and O–H groups in total. The summed E-state index contributed by atoms with van der Waals surface area (Å²) in [7, 11) is 0. The molecule has 2 aromatic carbocycles. The van der Waals surface area contributed by atoms with Crippen molar-refractivity contribution in [3.8, 4) is 0 Å². The first-order valence-corrected chi connectivity index (χ1v) is 13.1. The highest BCUT2D eigenvalue weighted by atomic mass is 35.5. The summed E-state index contributed by atoms with van der Waals surface area (Å²) in [5.74, 6) is 0. The van der Waals surface area contributed by atoms with Crippen molar-refractivity contribution >= 4 is 39.8 Å². The molecule has 0 amide bonds. The highest BCUT2D eigenvalue weighted by molar-refractivity contribution is 6.32. The molecule has 6 heteroatoms. The Morgan fingerprint density at radius 3 is 2.50 bits per heavy atom. The molecule has 0 bridgehead atoms. The van der Waals surface area contributed by atoms with Gasteiger partial charge in [-0.1, -0.05) is 66.2 Å². The number of aliphatic hydroxyl groups is 2. The first-order chi connectivity index (χ1) is 17.9. The second kappa shape index (κ2) is 12.1. The topological polar surface area (TPSA) is 47.6 Å². The summed E-state index contributed by atoms with van der Waals surface area (Å²) in [4.78, 5) is 1.87. The van der Waals surface area contributed by atoms with Crippen molar-refractivity contribution in [1.29, 1.82) is 0 Å². The van der Waals surface area contributed by atoms with Crippen LogP contribution in [0.2, 0.25) is 0 Å². The number of nitrogens with zero attached hydrogens (tertiary/aromatic N) is 2. The third kappa shape index (κ3) is 5.64. The summed E-state index contributed by atoms with van der Waals surface area (Å²) in [6, 6.07) is 18.3. The van der Waals surface area contributed by atoms with E-state index >= 15 is 0 Å². The number of halogens is 2. The van der Waals surface area contributed by atoms with Gasteiger partial charge in [0, 0.05) is 35.9 Å². The Kier molecular flexibility index (Phi) is 8.91. The van der Waals surface area contributed by atoms with E-state index in [4.69, 9.17) is 11.6 Å². The number of benzene rings is 2. The lowest BCUT2D eigenvalue weighted by molar-refractivity contribution is -0.733. The van der Waals surface area contributed by atoms with Crippen LogP contribution in [-0.4, -0.2) is 16.4 Å². The van der Waals surface area contributed by atoms with Crippen LogP contribution in [0.3, 0.4) is 0 Å². The molecule has 0 saturated heterocycles. The van der Waals surface area contributed by atoms with Crippen LogP contribution in [0.5, 0.6) is 0 Å². The van der Waals surface area contributed by atoms with Gasteiger partial charge in [-0.05, 0) is 66.7 Å². The molecule has 0 saturated carbocycles. The van der Waals surface area contributed by atoms with Crippen molar-refractivity contribution in [2.75, 3.05) is 4.90 Å². The van der Waals surface area contributed by atoms with E-state index < -0.39 is 12.5 Å². The first-order valence-electron chi connectivity index (χ1n) is 12.8. The first kappa shape index (κ1) is 27.9. The van der Waals surface area contributed by atoms with Gasteiger partial charge < -0.3 is 27.5 Å². The van der Waals surface area contributed by atoms with E-state index in [0.717, 1.165) is 68.7 Å². The number of aliphatic hydroxyl groups excluding tert-OH is 2. The lowest BCUT2D eigenvalue weighted by Gasteiger charge is -2.29. The molecular weight excluding hydrogens is 515 g/mol. The quantitative estimate of drug-likeness (QED) is 0.475. The highest BCUT2D eigenvalue weighted by Crippen LogP contribution is 2.36. The van der Waals surface area contributed by atoms with Crippen molar-refractivity contribution in [3.05, 3.63) is 119 Å². The summed E-state index contributed by atoms with van der Waals surface area (Å²) in [5, 5.41) is 22.2. The minimum Gasteiger partial charge on any atom is -1.00 e. The molecule has 2 heterocycles. The van der Waals surface area contributed by atoms with Crippen molar-refractivity contribution in [1.82, 2.24) is 0 Å². The van der Waals surface area contributed by atoms with Crippen molar-refractivity contribution in [2.24, 2.45) is 0 Å². The number of fused-ring (bicyclic) bond motifs is 2. The fraction of sp³-hybridized carbons (Fsp3) is 0.219. The predicted octanol–water partition coefficient (Wildman–Crippen LogP) is 4.01. The number of allylic oxidation sites excluding steroid dienone is 8. The molecule has 0 spiro atoms. The Balaban J connectivity index is 0.00000336. The maximum Gasteiger partial charge on any atom is 0.257 e. The fourth-order valence-corrected chi connectivity index (χ4v) is 5.39. The zero-order chi connectivity index (χ0) is 25.9. The van der Waals surface area contributed by atoms with Gasteiger partial charge in [0.15, 0.2) is 6.20 Å². The molecule has 38 heavy (non-hydrogen) atoms. The molecule has 5 rings (SSSR count). The van der Waals surface area contributed by atoms with Crippen LogP contribution < -0.4 is 21.9 Å². The van der Waals surface area contributed by atoms with Crippen LogP contribution in [-0.2, 0) is 0 Å². The second-order valence-corrected chi connectivity index (χ2v) is 9.92.